The number of hydrogen-bond acceptors (Lipinski definition) is 20. The van der Waals surface area contributed by atoms with E-state index >= 15 is 0 Å². The molecule has 0 saturated carbocycles. The summed E-state index contributed by atoms with van der Waals surface area (Å²) in [5.74, 6) is -5.28. The average Bonchev–Trinajstić information content (AvgIpc) is 3.14. The van der Waals surface area contributed by atoms with Crippen molar-refractivity contribution in [2.24, 2.45) is 0 Å². The van der Waals surface area contributed by atoms with Gasteiger partial charge in [-0.2, -0.15) is 0 Å². The fourth-order valence-electron chi connectivity index (χ4n) is 6.21. The summed E-state index contributed by atoms with van der Waals surface area (Å²) in [5, 5.41) is 132. The van der Waals surface area contributed by atoms with Crippen LogP contribution in [0.3, 0.4) is 0 Å². The summed E-state index contributed by atoms with van der Waals surface area (Å²) in [7, 11) is 0. The summed E-state index contributed by atoms with van der Waals surface area (Å²) in [6, 6.07) is 7.67. The molecule has 2 fully saturated rings. The van der Waals surface area contributed by atoms with E-state index < -0.39 is 127 Å². The zero-order valence-corrected chi connectivity index (χ0v) is 27.8. The summed E-state index contributed by atoms with van der Waals surface area (Å²) in [6.45, 7) is -1.49. The number of ether oxygens (including phenoxy) is 6. The van der Waals surface area contributed by atoms with Crippen LogP contribution < -0.4 is 14.2 Å². The molecule has 2 saturated heterocycles. The van der Waals surface area contributed by atoms with Crippen LogP contribution in [0.15, 0.2) is 42.5 Å². The minimum Gasteiger partial charge on any atom is -0.507 e. The van der Waals surface area contributed by atoms with Gasteiger partial charge in [0, 0.05) is 29.7 Å². The van der Waals surface area contributed by atoms with E-state index in [-0.39, 0.29) is 34.8 Å². The van der Waals surface area contributed by atoms with Gasteiger partial charge in [-0.15, -0.1) is 0 Å². The van der Waals surface area contributed by atoms with Gasteiger partial charge in [0.2, 0.25) is 12.6 Å². The number of phenolic OH excluding ortho intramolecular Hbond substituents is 5. The van der Waals surface area contributed by atoms with Gasteiger partial charge in [0.15, 0.2) is 34.9 Å². The normalized spacial score (nSPS) is 32.2. The van der Waals surface area contributed by atoms with Crippen molar-refractivity contribution in [3.8, 4) is 46.0 Å². The lowest BCUT2D eigenvalue weighted by Crippen LogP contribution is -2.60. The van der Waals surface area contributed by atoms with Crippen molar-refractivity contribution in [2.45, 2.75) is 80.0 Å². The number of fused-ring (bicyclic) bond motifs is 1. The van der Waals surface area contributed by atoms with Crippen LogP contribution in [-0.2, 0) is 20.6 Å². The molecule has 6 rings (SSSR count). The van der Waals surface area contributed by atoms with E-state index in [0.717, 1.165) is 24.3 Å². The molecule has 0 aromatic heterocycles. The van der Waals surface area contributed by atoms with Crippen LogP contribution in [0, 0.1) is 0 Å². The van der Waals surface area contributed by atoms with Gasteiger partial charge in [-0.05, 0) is 24.3 Å². The largest absolute Gasteiger partial charge is 0.507 e. The number of esters is 1. The Kier molecular flexibility index (Phi) is 11.1. The minimum absolute atomic E-state index is 0.0678. The van der Waals surface area contributed by atoms with Crippen LogP contribution >= 0.6 is 0 Å². The molecule has 12 atom stereocenters. The molecule has 0 radical (unpaired) electrons. The lowest BCUT2D eigenvalue weighted by molar-refractivity contribution is -0.277. The molecule has 3 aliphatic heterocycles. The maximum absolute atomic E-state index is 13.3. The van der Waals surface area contributed by atoms with Gasteiger partial charge in [-0.3, -0.25) is 0 Å². The molecule has 3 aliphatic rings. The van der Waals surface area contributed by atoms with Crippen molar-refractivity contribution in [1.29, 1.82) is 0 Å². The lowest BCUT2D eigenvalue weighted by atomic mass is 9.93. The highest BCUT2D eigenvalue weighted by Crippen LogP contribution is 2.45. The second-order valence-corrected chi connectivity index (χ2v) is 12.8. The van der Waals surface area contributed by atoms with Crippen LogP contribution in [-0.4, -0.2) is 153 Å². The Morgan fingerprint density at radius 2 is 1.24 bits per heavy atom. The summed E-state index contributed by atoms with van der Waals surface area (Å²) in [4.78, 5) is 13.3. The second kappa shape index (κ2) is 15.5. The van der Waals surface area contributed by atoms with E-state index in [9.17, 15) is 71.2 Å². The monoisotopic (exact) mass is 766 g/mol. The van der Waals surface area contributed by atoms with Gasteiger partial charge in [0.25, 0.3) is 0 Å². The Morgan fingerprint density at radius 3 is 1.81 bits per heavy atom. The molecule has 0 spiro atoms. The van der Waals surface area contributed by atoms with Crippen LogP contribution in [0.2, 0.25) is 0 Å². The third-order valence-corrected chi connectivity index (χ3v) is 9.22. The predicted octanol–water partition coefficient (Wildman–Crippen LogP) is -2.53. The van der Waals surface area contributed by atoms with E-state index in [1.165, 1.54) is 18.2 Å². The topological polar surface area (TPSA) is 335 Å². The van der Waals surface area contributed by atoms with Crippen LogP contribution in [0.25, 0.3) is 0 Å². The van der Waals surface area contributed by atoms with Crippen molar-refractivity contribution in [3.05, 3.63) is 59.2 Å². The summed E-state index contributed by atoms with van der Waals surface area (Å²) in [5.41, 5.74) is -0.206. The summed E-state index contributed by atoms with van der Waals surface area (Å²) < 4.78 is 34.0. The Bertz CT molecular complexity index is 1810. The first-order chi connectivity index (χ1) is 25.6. The number of rotatable bonds is 9. The highest BCUT2D eigenvalue weighted by atomic mass is 16.7. The first-order valence-corrected chi connectivity index (χ1v) is 16.4. The number of aliphatic hydroxyl groups excluding tert-OH is 8. The third kappa shape index (κ3) is 7.44. The van der Waals surface area contributed by atoms with Gasteiger partial charge in [0.05, 0.1) is 18.8 Å². The van der Waals surface area contributed by atoms with Crippen molar-refractivity contribution >= 4 is 5.97 Å². The van der Waals surface area contributed by atoms with Crippen molar-refractivity contribution in [1.82, 2.24) is 0 Å². The zero-order valence-electron chi connectivity index (χ0n) is 27.8. The standard InChI is InChI=1S/C34H38O20/c35-9-22-25(42)27(44)29(46)33(53-22)49-13-6-16(38)14-8-21(51-32(48)12-3-17(39)24(41)18(40)4-12)31(50-19(14)7-13)11-1-2-15(37)20(5-11)52-34-30(47)28(45)26(43)23(10-36)54-34/h1-7,21-23,25-31,33-47H,8-10H2/t21-,22+,23+,25+,26+,27-,28-,29+,30+,31-,33-,34-/m0/s1. The molecule has 54 heavy (non-hydrogen) atoms. The Labute approximate surface area is 304 Å². The highest BCUT2D eigenvalue weighted by Gasteiger charge is 2.46. The van der Waals surface area contributed by atoms with Gasteiger partial charge < -0.3 is 94.8 Å². The molecule has 20 nitrogen and oxygen atoms in total. The Balaban J connectivity index is 1.33. The number of phenols is 5. The molecule has 3 heterocycles. The first-order valence-electron chi connectivity index (χ1n) is 16.4. The molecular formula is C34H38O20. The third-order valence-electron chi connectivity index (χ3n) is 9.22. The highest BCUT2D eigenvalue weighted by molar-refractivity contribution is 5.91. The molecule has 0 unspecified atom stereocenters. The van der Waals surface area contributed by atoms with E-state index in [0.29, 0.717) is 0 Å². The van der Waals surface area contributed by atoms with Crippen LogP contribution in [0.1, 0.15) is 27.6 Å². The SMILES string of the molecule is O=C(O[C@H]1Cc2c(O)cc(O[C@H]3O[C@H](CO)[C@@H](O)[C@H](O)[C@H]3O)cc2O[C@H]1c1ccc(O)c(O[C@H]2O[C@H](CO)[C@@H](O)[C@H](O)[C@H]2O)c1)c1cc(O)c(O)c(O)c1. The summed E-state index contributed by atoms with van der Waals surface area (Å²) >= 11 is 0. The van der Waals surface area contributed by atoms with Gasteiger partial charge in [-0.1, -0.05) is 6.07 Å². The lowest BCUT2D eigenvalue weighted by Gasteiger charge is -2.40. The fraction of sp³-hybridized carbons (Fsp3) is 0.441. The van der Waals surface area contributed by atoms with Crippen molar-refractivity contribution < 1.29 is 99.6 Å². The van der Waals surface area contributed by atoms with E-state index in [1.54, 1.807) is 0 Å². The van der Waals surface area contributed by atoms with Crippen LogP contribution in [0.5, 0.6) is 46.0 Å². The molecule has 3 aromatic rings. The molecule has 3 aromatic carbocycles. The molecule has 0 bridgehead atoms. The number of carbonyl (C=O) groups is 1. The fourth-order valence-corrected chi connectivity index (χ4v) is 6.21. The molecular weight excluding hydrogens is 728 g/mol. The first kappa shape index (κ1) is 38.8. The number of hydrogen-bond donors (Lipinski definition) is 13. The zero-order chi connectivity index (χ0) is 39.2. The number of carbonyl (C=O) groups excluding carboxylic acids is 1. The summed E-state index contributed by atoms with van der Waals surface area (Å²) in [6.07, 6.45) is -19.5. The van der Waals surface area contributed by atoms with Crippen molar-refractivity contribution in [3.63, 3.8) is 0 Å². The maximum Gasteiger partial charge on any atom is 0.338 e. The molecule has 13 N–H and O–H groups in total. The van der Waals surface area contributed by atoms with E-state index in [1.807, 2.05) is 0 Å². The van der Waals surface area contributed by atoms with Gasteiger partial charge in [-0.25, -0.2) is 4.79 Å². The smallest absolute Gasteiger partial charge is 0.338 e. The van der Waals surface area contributed by atoms with Gasteiger partial charge >= 0.3 is 5.97 Å². The molecule has 294 valence electrons. The number of aliphatic hydroxyl groups is 8. The number of benzene rings is 3. The minimum atomic E-state index is -1.85. The van der Waals surface area contributed by atoms with Crippen molar-refractivity contribution in [2.75, 3.05) is 13.2 Å². The van der Waals surface area contributed by atoms with Gasteiger partial charge in [0.1, 0.15) is 72.2 Å². The maximum atomic E-state index is 13.3. The Morgan fingerprint density at radius 1 is 0.667 bits per heavy atom. The van der Waals surface area contributed by atoms with Crippen LogP contribution in [0.4, 0.5) is 0 Å². The molecule has 0 aliphatic carbocycles. The van der Waals surface area contributed by atoms with E-state index in [2.05, 4.69) is 0 Å². The molecule has 20 heteroatoms. The quantitative estimate of drug-likeness (QED) is 0.0789. The molecule has 0 amide bonds. The number of aromatic hydroxyl groups is 5. The second-order valence-electron chi connectivity index (χ2n) is 12.8. The predicted molar refractivity (Wildman–Crippen MR) is 173 cm³/mol. The average molecular weight is 767 g/mol. The Hall–Kier alpha value is -4.87. The van der Waals surface area contributed by atoms with E-state index in [4.69, 9.17) is 28.4 Å².